The van der Waals surface area contributed by atoms with Crippen molar-refractivity contribution in [2.24, 2.45) is 0 Å². The molecule has 8 heteroatoms. The summed E-state index contributed by atoms with van der Waals surface area (Å²) in [5, 5.41) is 3.27. The van der Waals surface area contributed by atoms with Crippen LogP contribution < -0.4 is 10.1 Å². The zero-order chi connectivity index (χ0) is 18.9. The van der Waals surface area contributed by atoms with Crippen molar-refractivity contribution in [3.63, 3.8) is 0 Å². The van der Waals surface area contributed by atoms with Crippen LogP contribution in [0.25, 0.3) is 0 Å². The first-order valence-electron chi connectivity index (χ1n) is 8.00. The summed E-state index contributed by atoms with van der Waals surface area (Å²) < 4.78 is 11.3. The number of amides is 1. The maximum Gasteiger partial charge on any atom is 0.338 e. The minimum absolute atomic E-state index is 0.211. The maximum absolute atomic E-state index is 12.0. The molecule has 0 atom stereocenters. The van der Waals surface area contributed by atoms with Crippen LogP contribution in [0.15, 0.2) is 41.0 Å². The number of aromatic nitrogens is 1. The number of ether oxygens (including phenoxy) is 2. The normalized spacial score (nSPS) is 10.3. The van der Waals surface area contributed by atoms with E-state index in [9.17, 15) is 9.59 Å². The Kier molecular flexibility index (Phi) is 7.87. The Morgan fingerprint density at radius 2 is 2.08 bits per heavy atom. The zero-order valence-electron chi connectivity index (χ0n) is 14.1. The Morgan fingerprint density at radius 1 is 1.27 bits per heavy atom. The molecule has 1 heterocycles. The molecule has 0 fully saturated rings. The highest BCUT2D eigenvalue weighted by Gasteiger charge is 2.10. The number of nitrogens with zero attached hydrogens (tertiary/aromatic N) is 1. The molecule has 0 bridgehead atoms. The highest BCUT2D eigenvalue weighted by molar-refractivity contribution is 9.10. The van der Waals surface area contributed by atoms with Crippen molar-refractivity contribution < 1.29 is 19.1 Å². The van der Waals surface area contributed by atoms with Gasteiger partial charge in [0.2, 0.25) is 5.91 Å². The van der Waals surface area contributed by atoms with Gasteiger partial charge >= 0.3 is 5.97 Å². The van der Waals surface area contributed by atoms with Crippen LogP contribution in [0, 0.1) is 0 Å². The van der Waals surface area contributed by atoms with Gasteiger partial charge in [-0.3, -0.25) is 4.79 Å². The molecule has 0 aliphatic rings. The summed E-state index contributed by atoms with van der Waals surface area (Å²) in [5.41, 5.74) is 0.341. The predicted molar refractivity (Wildman–Crippen MR) is 103 cm³/mol. The first-order valence-corrected chi connectivity index (χ1v) is 9.17. The number of carbonyl (C=O) groups is 2. The third-order valence-electron chi connectivity index (χ3n) is 3.24. The van der Waals surface area contributed by atoms with E-state index >= 15 is 0 Å². The fourth-order valence-corrected chi connectivity index (χ4v) is 2.85. The Bertz CT molecular complexity index is 786. The second kappa shape index (κ2) is 10.1. The van der Waals surface area contributed by atoms with Gasteiger partial charge in [-0.25, -0.2) is 9.78 Å². The molecule has 6 nitrogen and oxygen atoms in total. The van der Waals surface area contributed by atoms with Gasteiger partial charge in [0.05, 0.1) is 23.2 Å². The van der Waals surface area contributed by atoms with Crippen molar-refractivity contribution in [3.8, 4) is 5.75 Å². The molecular weight excluding hydrogens is 424 g/mol. The second-order valence-corrected chi connectivity index (χ2v) is 6.52. The van der Waals surface area contributed by atoms with Gasteiger partial charge in [-0.05, 0) is 59.6 Å². The number of hydrogen-bond donors (Lipinski definition) is 1. The highest BCUT2D eigenvalue weighted by atomic mass is 79.9. The summed E-state index contributed by atoms with van der Waals surface area (Å²) in [6.07, 6.45) is 2.23. The fraction of sp³-hybridized carbons (Fsp3) is 0.278. The number of benzene rings is 1. The summed E-state index contributed by atoms with van der Waals surface area (Å²) in [7, 11) is 0. The molecule has 2 aromatic rings. The van der Waals surface area contributed by atoms with Crippen LogP contribution in [0.1, 0.15) is 30.1 Å². The monoisotopic (exact) mass is 440 g/mol. The smallest absolute Gasteiger partial charge is 0.338 e. The number of carbonyl (C=O) groups excluding carboxylic acids is 2. The first-order chi connectivity index (χ1) is 12.5. The fourth-order valence-electron chi connectivity index (χ4n) is 2.05. The second-order valence-electron chi connectivity index (χ2n) is 5.23. The van der Waals surface area contributed by atoms with Gasteiger partial charge in [-0.2, -0.15) is 0 Å². The Labute approximate surface area is 165 Å². The molecule has 0 aliphatic heterocycles. The van der Waals surface area contributed by atoms with Crippen LogP contribution in [0.5, 0.6) is 5.75 Å². The number of rotatable bonds is 8. The molecule has 138 valence electrons. The van der Waals surface area contributed by atoms with Crippen LogP contribution in [0.2, 0.25) is 5.02 Å². The summed E-state index contributed by atoms with van der Waals surface area (Å²) in [4.78, 5) is 27.7. The van der Waals surface area contributed by atoms with Gasteiger partial charge in [0.25, 0.3) is 0 Å². The van der Waals surface area contributed by atoms with E-state index in [1.807, 2.05) is 0 Å². The number of esters is 1. The van der Waals surface area contributed by atoms with Crippen molar-refractivity contribution in [1.29, 1.82) is 0 Å². The standard InChI is InChI=1S/C18H18BrClN2O4/c1-2-25-18(24)12-7-8-21-16(10-12)22-17(23)4-3-9-26-15-6-5-13(20)11-14(15)19/h5-8,10-11H,2-4,9H2,1H3,(H,21,22,23). The SMILES string of the molecule is CCOC(=O)c1ccnc(NC(=O)CCCOc2ccc(Cl)cc2Br)c1. The first kappa shape index (κ1) is 20.2. The number of anilines is 1. The lowest BCUT2D eigenvalue weighted by atomic mass is 10.2. The largest absolute Gasteiger partial charge is 0.492 e. The number of hydrogen-bond acceptors (Lipinski definition) is 5. The summed E-state index contributed by atoms with van der Waals surface area (Å²) in [5.74, 6) is 0.310. The zero-order valence-corrected chi connectivity index (χ0v) is 16.5. The molecule has 0 saturated carbocycles. The summed E-state index contributed by atoms with van der Waals surface area (Å²) in [6.45, 7) is 2.39. The van der Waals surface area contributed by atoms with E-state index in [1.54, 1.807) is 25.1 Å². The summed E-state index contributed by atoms with van der Waals surface area (Å²) in [6, 6.07) is 8.25. The van der Waals surface area contributed by atoms with E-state index < -0.39 is 5.97 Å². The van der Waals surface area contributed by atoms with Crippen molar-refractivity contribution in [2.75, 3.05) is 18.5 Å². The highest BCUT2D eigenvalue weighted by Crippen LogP contribution is 2.28. The van der Waals surface area contributed by atoms with Crippen molar-refractivity contribution in [2.45, 2.75) is 19.8 Å². The van der Waals surface area contributed by atoms with Crippen molar-refractivity contribution >= 4 is 45.2 Å². The minimum Gasteiger partial charge on any atom is -0.492 e. The molecule has 1 N–H and O–H groups in total. The topological polar surface area (TPSA) is 77.5 Å². The molecule has 0 radical (unpaired) electrons. The molecule has 1 amide bonds. The van der Waals surface area contributed by atoms with Gasteiger partial charge in [0, 0.05) is 17.6 Å². The van der Waals surface area contributed by atoms with E-state index in [1.165, 1.54) is 18.3 Å². The van der Waals surface area contributed by atoms with E-state index in [2.05, 4.69) is 26.2 Å². The van der Waals surface area contributed by atoms with Crippen LogP contribution in [-0.2, 0) is 9.53 Å². The molecule has 2 rings (SSSR count). The van der Waals surface area contributed by atoms with Gasteiger partial charge < -0.3 is 14.8 Å². The van der Waals surface area contributed by atoms with E-state index in [0.29, 0.717) is 35.2 Å². The van der Waals surface area contributed by atoms with Crippen LogP contribution in [-0.4, -0.2) is 30.1 Å². The third kappa shape index (κ3) is 6.31. The van der Waals surface area contributed by atoms with Gasteiger partial charge in [-0.1, -0.05) is 11.6 Å². The van der Waals surface area contributed by atoms with Crippen molar-refractivity contribution in [1.82, 2.24) is 4.98 Å². The van der Waals surface area contributed by atoms with Crippen LogP contribution in [0.3, 0.4) is 0 Å². The Balaban J connectivity index is 1.78. The quantitative estimate of drug-likeness (QED) is 0.483. The number of halogens is 2. The molecule has 1 aromatic carbocycles. The molecule has 0 unspecified atom stereocenters. The van der Waals surface area contributed by atoms with Crippen LogP contribution >= 0.6 is 27.5 Å². The predicted octanol–water partition coefficient (Wildman–Crippen LogP) is 4.47. The average molecular weight is 442 g/mol. The molecule has 0 saturated heterocycles. The average Bonchev–Trinajstić information content (AvgIpc) is 2.60. The molecule has 26 heavy (non-hydrogen) atoms. The van der Waals surface area contributed by atoms with Gasteiger partial charge in [0.15, 0.2) is 0 Å². The lowest BCUT2D eigenvalue weighted by Crippen LogP contribution is -2.14. The van der Waals surface area contributed by atoms with Gasteiger partial charge in [-0.15, -0.1) is 0 Å². The molecular formula is C18H18BrClN2O4. The lowest BCUT2D eigenvalue weighted by molar-refractivity contribution is -0.116. The van der Waals surface area contributed by atoms with E-state index in [4.69, 9.17) is 21.1 Å². The minimum atomic E-state index is -0.452. The van der Waals surface area contributed by atoms with Gasteiger partial charge in [0.1, 0.15) is 11.6 Å². The van der Waals surface area contributed by atoms with Crippen LogP contribution in [0.4, 0.5) is 5.82 Å². The maximum atomic E-state index is 12.0. The third-order valence-corrected chi connectivity index (χ3v) is 4.09. The number of pyridine rings is 1. The summed E-state index contributed by atoms with van der Waals surface area (Å²) >= 11 is 9.24. The van der Waals surface area contributed by atoms with E-state index in [0.717, 1.165) is 4.47 Å². The molecule has 0 spiro atoms. The number of nitrogens with one attached hydrogen (secondary N) is 1. The van der Waals surface area contributed by atoms with Crippen molar-refractivity contribution in [3.05, 3.63) is 51.6 Å². The lowest BCUT2D eigenvalue weighted by Gasteiger charge is -2.09. The Hall–Kier alpha value is -2.12. The van der Waals surface area contributed by atoms with E-state index in [-0.39, 0.29) is 18.9 Å². The molecule has 0 aliphatic carbocycles. The Morgan fingerprint density at radius 3 is 2.81 bits per heavy atom. The molecule has 1 aromatic heterocycles.